The molecule has 0 heterocycles. The molecule has 1 rings (SSSR count). The summed E-state index contributed by atoms with van der Waals surface area (Å²) < 4.78 is 39.1. The molecule has 18 heavy (non-hydrogen) atoms. The minimum atomic E-state index is -3.46. The van der Waals surface area contributed by atoms with E-state index in [2.05, 4.69) is 4.72 Å². The molecule has 0 spiro atoms. The number of hydrogen-bond donors (Lipinski definition) is 2. The van der Waals surface area contributed by atoms with Crippen LogP contribution in [-0.4, -0.2) is 21.0 Å². The summed E-state index contributed by atoms with van der Waals surface area (Å²) in [6, 6.07) is 5.12. The van der Waals surface area contributed by atoms with Gasteiger partial charge in [-0.2, -0.15) is 0 Å². The first-order chi connectivity index (χ1) is 8.34. The summed E-state index contributed by atoms with van der Waals surface area (Å²) in [4.78, 5) is 0. The Morgan fingerprint density at radius 3 is 2.28 bits per heavy atom. The lowest BCUT2D eigenvalue weighted by Crippen LogP contribution is -2.44. The van der Waals surface area contributed by atoms with E-state index in [0.717, 1.165) is 0 Å². The fourth-order valence-corrected chi connectivity index (χ4v) is 3.07. The second-order valence-electron chi connectivity index (χ2n) is 4.59. The van der Waals surface area contributed by atoms with Crippen LogP contribution in [0.5, 0.6) is 0 Å². The smallest absolute Gasteiger partial charge is 0.216 e. The number of sulfonamides is 1. The Labute approximate surface area is 107 Å². The highest BCUT2D eigenvalue weighted by atomic mass is 32.2. The summed E-state index contributed by atoms with van der Waals surface area (Å²) in [6.07, 6.45) is 0. The SMILES string of the molecule is CC(C)C(CN)NS(=O)(=O)Cc1ccc(F)cc1. The molecule has 102 valence electrons. The molecule has 6 heteroatoms. The largest absolute Gasteiger partial charge is 0.329 e. The van der Waals surface area contributed by atoms with Crippen molar-refractivity contribution in [3.05, 3.63) is 35.6 Å². The van der Waals surface area contributed by atoms with E-state index in [-0.39, 0.29) is 30.1 Å². The third kappa shape index (κ3) is 4.72. The molecule has 1 atom stereocenters. The van der Waals surface area contributed by atoms with Gasteiger partial charge in [-0.1, -0.05) is 26.0 Å². The zero-order valence-corrected chi connectivity index (χ0v) is 11.4. The van der Waals surface area contributed by atoms with Gasteiger partial charge in [0.05, 0.1) is 5.75 Å². The van der Waals surface area contributed by atoms with Crippen molar-refractivity contribution in [1.82, 2.24) is 4.72 Å². The van der Waals surface area contributed by atoms with Gasteiger partial charge in [0.15, 0.2) is 0 Å². The summed E-state index contributed by atoms with van der Waals surface area (Å²) in [5, 5.41) is 0. The van der Waals surface area contributed by atoms with Crippen LogP contribution in [0.15, 0.2) is 24.3 Å². The molecule has 0 aromatic heterocycles. The molecule has 0 saturated carbocycles. The van der Waals surface area contributed by atoms with Gasteiger partial charge >= 0.3 is 0 Å². The fraction of sp³-hybridized carbons (Fsp3) is 0.500. The first-order valence-corrected chi connectivity index (χ1v) is 7.44. The molecule has 0 aliphatic heterocycles. The van der Waals surface area contributed by atoms with Crippen molar-refractivity contribution < 1.29 is 12.8 Å². The summed E-state index contributed by atoms with van der Waals surface area (Å²) in [6.45, 7) is 4.05. The fourth-order valence-electron chi connectivity index (χ4n) is 1.53. The van der Waals surface area contributed by atoms with Gasteiger partial charge in [-0.05, 0) is 23.6 Å². The maximum Gasteiger partial charge on any atom is 0.216 e. The minimum Gasteiger partial charge on any atom is -0.329 e. The first-order valence-electron chi connectivity index (χ1n) is 5.78. The Morgan fingerprint density at radius 2 is 1.83 bits per heavy atom. The van der Waals surface area contributed by atoms with Crippen molar-refractivity contribution in [2.45, 2.75) is 25.6 Å². The Balaban J connectivity index is 2.73. The van der Waals surface area contributed by atoms with Crippen LogP contribution in [-0.2, 0) is 15.8 Å². The van der Waals surface area contributed by atoms with E-state index in [1.54, 1.807) is 0 Å². The van der Waals surface area contributed by atoms with Crippen LogP contribution >= 0.6 is 0 Å². The lowest BCUT2D eigenvalue weighted by Gasteiger charge is -2.20. The number of nitrogens with one attached hydrogen (secondary N) is 1. The van der Waals surface area contributed by atoms with Crippen molar-refractivity contribution in [2.75, 3.05) is 6.54 Å². The molecule has 1 unspecified atom stereocenters. The van der Waals surface area contributed by atoms with E-state index in [4.69, 9.17) is 5.73 Å². The van der Waals surface area contributed by atoms with Crippen molar-refractivity contribution in [3.8, 4) is 0 Å². The van der Waals surface area contributed by atoms with Gasteiger partial charge in [-0.25, -0.2) is 17.5 Å². The molecule has 0 aliphatic rings. The number of benzene rings is 1. The Kier molecular flexibility index (Phi) is 5.25. The first kappa shape index (κ1) is 15.1. The second-order valence-corrected chi connectivity index (χ2v) is 6.34. The van der Waals surface area contributed by atoms with Gasteiger partial charge in [0.25, 0.3) is 0 Å². The van der Waals surface area contributed by atoms with E-state index >= 15 is 0 Å². The van der Waals surface area contributed by atoms with Crippen molar-refractivity contribution >= 4 is 10.0 Å². The van der Waals surface area contributed by atoms with Crippen LogP contribution < -0.4 is 10.5 Å². The third-order valence-corrected chi connectivity index (χ3v) is 4.03. The van der Waals surface area contributed by atoms with Crippen molar-refractivity contribution in [1.29, 1.82) is 0 Å². The summed E-state index contributed by atoms with van der Waals surface area (Å²) in [5.74, 6) is -0.430. The van der Waals surface area contributed by atoms with E-state index in [9.17, 15) is 12.8 Å². The summed E-state index contributed by atoms with van der Waals surface area (Å²) >= 11 is 0. The molecule has 0 amide bonds. The van der Waals surface area contributed by atoms with E-state index in [1.165, 1.54) is 24.3 Å². The van der Waals surface area contributed by atoms with Crippen LogP contribution in [0.4, 0.5) is 4.39 Å². The van der Waals surface area contributed by atoms with Crippen molar-refractivity contribution in [2.24, 2.45) is 11.7 Å². The van der Waals surface area contributed by atoms with Gasteiger partial charge in [-0.3, -0.25) is 0 Å². The highest BCUT2D eigenvalue weighted by molar-refractivity contribution is 7.88. The molecule has 0 radical (unpaired) electrons. The monoisotopic (exact) mass is 274 g/mol. The lowest BCUT2D eigenvalue weighted by molar-refractivity contribution is 0.454. The number of nitrogens with two attached hydrogens (primary N) is 1. The molecule has 0 saturated heterocycles. The molecular formula is C12H19FN2O2S. The minimum absolute atomic E-state index is 0.123. The van der Waals surface area contributed by atoms with E-state index in [1.807, 2.05) is 13.8 Å². The van der Waals surface area contributed by atoms with Crippen molar-refractivity contribution in [3.63, 3.8) is 0 Å². The van der Waals surface area contributed by atoms with E-state index < -0.39 is 10.0 Å². The van der Waals surface area contributed by atoms with Crippen LogP contribution in [0.2, 0.25) is 0 Å². The average molecular weight is 274 g/mol. The van der Waals surface area contributed by atoms with Crippen LogP contribution in [0.25, 0.3) is 0 Å². The number of hydrogen-bond acceptors (Lipinski definition) is 3. The topological polar surface area (TPSA) is 72.2 Å². The zero-order valence-electron chi connectivity index (χ0n) is 10.6. The van der Waals surface area contributed by atoms with Gasteiger partial charge in [0.1, 0.15) is 5.82 Å². The predicted molar refractivity (Wildman–Crippen MR) is 69.8 cm³/mol. The Morgan fingerprint density at radius 1 is 1.28 bits per heavy atom. The normalized spacial score (nSPS) is 13.8. The second kappa shape index (κ2) is 6.26. The maximum atomic E-state index is 12.7. The maximum absolute atomic E-state index is 12.7. The molecule has 0 bridgehead atoms. The van der Waals surface area contributed by atoms with Crippen LogP contribution in [0, 0.1) is 11.7 Å². The third-order valence-electron chi connectivity index (χ3n) is 2.66. The quantitative estimate of drug-likeness (QED) is 0.819. The molecular weight excluding hydrogens is 255 g/mol. The van der Waals surface area contributed by atoms with Crippen LogP contribution in [0.3, 0.4) is 0 Å². The summed E-state index contributed by atoms with van der Waals surface area (Å²) in [5.41, 5.74) is 6.06. The molecule has 3 N–H and O–H groups in total. The molecule has 1 aromatic rings. The summed E-state index contributed by atoms with van der Waals surface area (Å²) in [7, 11) is -3.46. The Hall–Kier alpha value is -0.980. The van der Waals surface area contributed by atoms with Gasteiger partial charge < -0.3 is 5.73 Å². The average Bonchev–Trinajstić information content (AvgIpc) is 2.28. The molecule has 1 aromatic carbocycles. The van der Waals surface area contributed by atoms with Crippen LogP contribution in [0.1, 0.15) is 19.4 Å². The van der Waals surface area contributed by atoms with Gasteiger partial charge in [0, 0.05) is 12.6 Å². The van der Waals surface area contributed by atoms with Gasteiger partial charge in [-0.15, -0.1) is 0 Å². The highest BCUT2D eigenvalue weighted by Crippen LogP contribution is 2.09. The molecule has 0 fully saturated rings. The standard InChI is InChI=1S/C12H19FN2O2S/c1-9(2)12(7-14)15-18(16,17)8-10-3-5-11(13)6-4-10/h3-6,9,12,15H,7-8,14H2,1-2H3. The number of halogens is 1. The zero-order chi connectivity index (χ0) is 13.8. The van der Waals surface area contributed by atoms with E-state index in [0.29, 0.717) is 5.56 Å². The molecule has 0 aliphatic carbocycles. The lowest BCUT2D eigenvalue weighted by atomic mass is 10.1. The predicted octanol–water partition coefficient (Wildman–Crippen LogP) is 1.23. The number of rotatable bonds is 6. The Bertz CT molecular complexity index is 471. The van der Waals surface area contributed by atoms with Gasteiger partial charge in [0.2, 0.25) is 10.0 Å². The molecule has 4 nitrogen and oxygen atoms in total. The highest BCUT2D eigenvalue weighted by Gasteiger charge is 2.19.